The molecular formula is C18H24Cl2FN3O2. The van der Waals surface area contributed by atoms with Crippen LogP contribution in [0.5, 0.6) is 0 Å². The molecule has 1 aromatic carbocycles. The van der Waals surface area contributed by atoms with Gasteiger partial charge in [-0.05, 0) is 24.6 Å². The fourth-order valence-electron chi connectivity index (χ4n) is 2.81. The number of hydrogen-bond donors (Lipinski definition) is 1. The Morgan fingerprint density at radius 3 is 2.15 bits per heavy atom. The maximum Gasteiger partial charge on any atom is 0.317 e. The molecule has 1 fully saturated rings. The zero-order chi connectivity index (χ0) is 19.6. The highest BCUT2D eigenvalue weighted by Gasteiger charge is 2.31. The maximum atomic E-state index is 13.7. The molecule has 1 heterocycles. The van der Waals surface area contributed by atoms with Crippen molar-refractivity contribution < 1.29 is 14.0 Å². The molecule has 0 spiro atoms. The molecule has 1 aliphatic rings. The van der Waals surface area contributed by atoms with Crippen LogP contribution in [0, 0.1) is 11.2 Å². The summed E-state index contributed by atoms with van der Waals surface area (Å²) in [7, 11) is 0. The van der Waals surface area contributed by atoms with Crippen LogP contribution in [-0.4, -0.2) is 47.9 Å². The molecule has 0 radical (unpaired) electrons. The van der Waals surface area contributed by atoms with Crippen molar-refractivity contribution in [2.45, 2.75) is 33.7 Å². The molecular weight excluding hydrogens is 380 g/mol. The van der Waals surface area contributed by atoms with Crippen molar-refractivity contribution in [3.05, 3.63) is 33.6 Å². The molecule has 0 bridgehead atoms. The quantitative estimate of drug-likeness (QED) is 0.755. The van der Waals surface area contributed by atoms with Gasteiger partial charge in [0.25, 0.3) is 0 Å². The fraction of sp³-hybridized carbons (Fsp3) is 0.556. The van der Waals surface area contributed by atoms with Crippen molar-refractivity contribution in [1.82, 2.24) is 15.1 Å². The van der Waals surface area contributed by atoms with Crippen LogP contribution in [0.4, 0.5) is 9.18 Å². The molecule has 0 aromatic heterocycles. The summed E-state index contributed by atoms with van der Waals surface area (Å²) in [5.41, 5.74) is 0.0254. The number of nitrogens with one attached hydrogen (secondary N) is 1. The molecule has 1 unspecified atom stereocenters. The number of benzene rings is 1. The number of urea groups is 1. The fourth-order valence-corrected chi connectivity index (χ4v) is 3.36. The normalized spacial score (nSPS) is 16.4. The first-order valence-electron chi connectivity index (χ1n) is 8.50. The van der Waals surface area contributed by atoms with Crippen LogP contribution < -0.4 is 5.32 Å². The third kappa shape index (κ3) is 4.80. The Morgan fingerprint density at radius 1 is 1.08 bits per heavy atom. The van der Waals surface area contributed by atoms with Gasteiger partial charge in [0, 0.05) is 36.6 Å². The van der Waals surface area contributed by atoms with Crippen molar-refractivity contribution in [3.63, 3.8) is 0 Å². The van der Waals surface area contributed by atoms with Gasteiger partial charge in [-0.15, -0.1) is 0 Å². The molecule has 0 saturated carbocycles. The van der Waals surface area contributed by atoms with Gasteiger partial charge in [0.1, 0.15) is 5.82 Å². The summed E-state index contributed by atoms with van der Waals surface area (Å²) in [6.07, 6.45) is 0. The van der Waals surface area contributed by atoms with Gasteiger partial charge in [-0.25, -0.2) is 9.18 Å². The highest BCUT2D eigenvalue weighted by atomic mass is 35.5. The van der Waals surface area contributed by atoms with Crippen LogP contribution >= 0.6 is 23.2 Å². The molecule has 1 atom stereocenters. The highest BCUT2D eigenvalue weighted by Crippen LogP contribution is 2.28. The lowest BCUT2D eigenvalue weighted by molar-refractivity contribution is -0.140. The van der Waals surface area contributed by atoms with Crippen LogP contribution in [0.2, 0.25) is 10.0 Å². The number of carbonyl (C=O) groups is 2. The molecule has 144 valence electrons. The minimum absolute atomic E-state index is 0.0584. The minimum Gasteiger partial charge on any atom is -0.339 e. The number of amides is 3. The summed E-state index contributed by atoms with van der Waals surface area (Å²) >= 11 is 11.8. The standard InChI is InChI=1S/C18H24Cl2FN3O2/c1-11(12-9-15(21)14(20)10-13(12)19)22-17(26)24-7-5-23(6-8-24)16(25)18(2,3)4/h9-11H,5-8H2,1-4H3,(H,22,26). The monoisotopic (exact) mass is 403 g/mol. The molecule has 1 aromatic rings. The largest absolute Gasteiger partial charge is 0.339 e. The molecule has 1 saturated heterocycles. The summed E-state index contributed by atoms with van der Waals surface area (Å²) in [6.45, 7) is 9.25. The van der Waals surface area contributed by atoms with Crippen LogP contribution in [0.1, 0.15) is 39.3 Å². The van der Waals surface area contributed by atoms with E-state index in [0.29, 0.717) is 36.8 Å². The molecule has 1 aliphatic heterocycles. The van der Waals surface area contributed by atoms with Crippen molar-refractivity contribution >= 4 is 35.1 Å². The van der Waals surface area contributed by atoms with Crippen molar-refractivity contribution in [2.24, 2.45) is 5.41 Å². The lowest BCUT2D eigenvalue weighted by Crippen LogP contribution is -2.55. The van der Waals surface area contributed by atoms with E-state index in [2.05, 4.69) is 5.32 Å². The van der Waals surface area contributed by atoms with E-state index in [0.717, 1.165) is 0 Å². The molecule has 3 amide bonds. The lowest BCUT2D eigenvalue weighted by Gasteiger charge is -2.38. The second-order valence-electron chi connectivity index (χ2n) is 7.49. The van der Waals surface area contributed by atoms with Gasteiger partial charge in [-0.2, -0.15) is 0 Å². The molecule has 2 rings (SSSR count). The smallest absolute Gasteiger partial charge is 0.317 e. The summed E-state index contributed by atoms with van der Waals surface area (Å²) in [6, 6.07) is 1.81. The van der Waals surface area contributed by atoms with Crippen molar-refractivity contribution in [1.29, 1.82) is 0 Å². The number of carbonyl (C=O) groups excluding carboxylic acids is 2. The summed E-state index contributed by atoms with van der Waals surface area (Å²) in [5.74, 6) is -0.504. The molecule has 26 heavy (non-hydrogen) atoms. The zero-order valence-electron chi connectivity index (χ0n) is 15.4. The number of piperazine rings is 1. The van der Waals surface area contributed by atoms with Gasteiger partial charge < -0.3 is 15.1 Å². The SMILES string of the molecule is CC(NC(=O)N1CCN(C(=O)C(C)(C)C)CC1)c1cc(F)c(Cl)cc1Cl. The van der Waals surface area contributed by atoms with Gasteiger partial charge in [0.15, 0.2) is 0 Å². The highest BCUT2D eigenvalue weighted by molar-refractivity contribution is 6.35. The second kappa shape index (κ2) is 8.01. The Hall–Kier alpha value is -1.53. The molecule has 1 N–H and O–H groups in total. The van der Waals surface area contributed by atoms with Crippen LogP contribution in [0.3, 0.4) is 0 Å². The van der Waals surface area contributed by atoms with Gasteiger partial charge in [0.05, 0.1) is 11.1 Å². The van der Waals surface area contributed by atoms with Gasteiger partial charge >= 0.3 is 6.03 Å². The van der Waals surface area contributed by atoms with Crippen molar-refractivity contribution in [2.75, 3.05) is 26.2 Å². The number of nitrogens with zero attached hydrogens (tertiary/aromatic N) is 2. The summed E-state index contributed by atoms with van der Waals surface area (Å²) < 4.78 is 13.7. The number of halogens is 3. The third-order valence-electron chi connectivity index (χ3n) is 4.34. The summed E-state index contributed by atoms with van der Waals surface area (Å²) in [5, 5.41) is 3.05. The maximum absolute atomic E-state index is 13.7. The van der Waals surface area contributed by atoms with E-state index in [1.54, 1.807) is 16.7 Å². The van der Waals surface area contributed by atoms with Gasteiger partial charge in [-0.3, -0.25) is 4.79 Å². The minimum atomic E-state index is -0.582. The topological polar surface area (TPSA) is 52.7 Å². The van der Waals surface area contributed by atoms with E-state index < -0.39 is 17.3 Å². The first kappa shape index (κ1) is 20.8. The van der Waals surface area contributed by atoms with E-state index in [-0.39, 0.29) is 17.0 Å². The first-order chi connectivity index (χ1) is 12.0. The van der Waals surface area contributed by atoms with E-state index in [1.807, 2.05) is 20.8 Å². The Morgan fingerprint density at radius 2 is 1.62 bits per heavy atom. The van der Waals surface area contributed by atoms with Crippen LogP contribution in [-0.2, 0) is 4.79 Å². The predicted octanol–water partition coefficient (Wildman–Crippen LogP) is 4.09. The van der Waals surface area contributed by atoms with E-state index in [1.165, 1.54) is 12.1 Å². The summed E-state index contributed by atoms with van der Waals surface area (Å²) in [4.78, 5) is 28.2. The number of hydrogen-bond acceptors (Lipinski definition) is 2. The van der Waals surface area contributed by atoms with E-state index in [9.17, 15) is 14.0 Å². The average molecular weight is 404 g/mol. The molecule has 0 aliphatic carbocycles. The van der Waals surface area contributed by atoms with Gasteiger partial charge in [0.2, 0.25) is 5.91 Å². The van der Waals surface area contributed by atoms with E-state index >= 15 is 0 Å². The predicted molar refractivity (Wildman–Crippen MR) is 101 cm³/mol. The van der Waals surface area contributed by atoms with Crippen LogP contribution in [0.15, 0.2) is 12.1 Å². The molecule has 8 heteroatoms. The Labute approximate surface area is 163 Å². The number of rotatable bonds is 2. The molecule has 5 nitrogen and oxygen atoms in total. The lowest BCUT2D eigenvalue weighted by atomic mass is 9.94. The average Bonchev–Trinajstić information content (AvgIpc) is 2.56. The Kier molecular flexibility index (Phi) is 6.40. The zero-order valence-corrected chi connectivity index (χ0v) is 16.9. The third-order valence-corrected chi connectivity index (χ3v) is 4.96. The van der Waals surface area contributed by atoms with Gasteiger partial charge in [-0.1, -0.05) is 44.0 Å². The second-order valence-corrected chi connectivity index (χ2v) is 8.30. The van der Waals surface area contributed by atoms with Crippen LogP contribution in [0.25, 0.3) is 0 Å². The van der Waals surface area contributed by atoms with E-state index in [4.69, 9.17) is 23.2 Å². The Balaban J connectivity index is 1.95. The van der Waals surface area contributed by atoms with Crippen molar-refractivity contribution in [3.8, 4) is 0 Å². The first-order valence-corrected chi connectivity index (χ1v) is 9.25. The Bertz CT molecular complexity index is 698.